The molecule has 7 heteroatoms. The Balaban J connectivity index is 1.83. The van der Waals surface area contributed by atoms with Gasteiger partial charge in [0.05, 0.1) is 12.1 Å². The summed E-state index contributed by atoms with van der Waals surface area (Å²) in [5.41, 5.74) is 0. The number of carbonyl (C=O) groups is 2. The van der Waals surface area contributed by atoms with Gasteiger partial charge in [-0.15, -0.1) is 0 Å². The molecule has 2 rings (SSSR count). The average molecular weight is 326 g/mol. The van der Waals surface area contributed by atoms with Crippen molar-refractivity contribution in [2.75, 3.05) is 26.2 Å². The van der Waals surface area contributed by atoms with E-state index in [1.54, 1.807) is 6.92 Å². The molecule has 1 heterocycles. The van der Waals surface area contributed by atoms with Crippen molar-refractivity contribution < 1.29 is 14.7 Å². The number of amides is 3. The number of nitrogens with one attached hydrogen (secondary N) is 2. The van der Waals surface area contributed by atoms with Gasteiger partial charge in [-0.05, 0) is 33.1 Å². The summed E-state index contributed by atoms with van der Waals surface area (Å²) in [5.74, 6) is -0.248. The standard InChI is InChI=1S/C16H30N4O3/c1-4-14-10-19(7-8-20(14)9-11(2)21)12(3)15(22)18-16(23)17-13-5-6-13/h11-14,21H,4-10H2,1-3H3,(H2,17,18,22,23). The van der Waals surface area contributed by atoms with Gasteiger partial charge in [-0.3, -0.25) is 19.9 Å². The second kappa shape index (κ2) is 8.08. The molecule has 3 atom stereocenters. The van der Waals surface area contributed by atoms with E-state index in [-0.39, 0.29) is 30.1 Å². The number of hydrogen-bond acceptors (Lipinski definition) is 5. The fourth-order valence-electron chi connectivity index (χ4n) is 3.07. The van der Waals surface area contributed by atoms with Gasteiger partial charge in [0.2, 0.25) is 5.91 Å². The SMILES string of the molecule is CCC1CN(C(C)C(=O)NC(=O)NC2CC2)CCN1CC(C)O. The van der Waals surface area contributed by atoms with Crippen LogP contribution in [0.3, 0.4) is 0 Å². The molecule has 0 aromatic carbocycles. The summed E-state index contributed by atoms with van der Waals surface area (Å²) in [4.78, 5) is 28.3. The Morgan fingerprint density at radius 1 is 1.26 bits per heavy atom. The number of carbonyl (C=O) groups excluding carboxylic acids is 2. The fraction of sp³-hybridized carbons (Fsp3) is 0.875. The number of aliphatic hydroxyl groups is 1. The Kier molecular flexibility index (Phi) is 6.38. The van der Waals surface area contributed by atoms with E-state index >= 15 is 0 Å². The molecule has 132 valence electrons. The molecule has 0 spiro atoms. The second-order valence-corrected chi connectivity index (χ2v) is 6.81. The van der Waals surface area contributed by atoms with Crippen LogP contribution in [0.4, 0.5) is 4.79 Å². The van der Waals surface area contributed by atoms with Crippen molar-refractivity contribution in [1.82, 2.24) is 20.4 Å². The van der Waals surface area contributed by atoms with Crippen molar-refractivity contribution in [1.29, 1.82) is 0 Å². The third-order valence-corrected chi connectivity index (χ3v) is 4.68. The zero-order valence-electron chi connectivity index (χ0n) is 14.4. The summed E-state index contributed by atoms with van der Waals surface area (Å²) >= 11 is 0. The first-order valence-corrected chi connectivity index (χ1v) is 8.68. The first-order valence-electron chi connectivity index (χ1n) is 8.68. The molecule has 1 saturated carbocycles. The van der Waals surface area contributed by atoms with Gasteiger partial charge in [-0.1, -0.05) is 6.92 Å². The minimum atomic E-state index is -0.385. The van der Waals surface area contributed by atoms with Crippen LogP contribution in [0.5, 0.6) is 0 Å². The molecule has 1 saturated heterocycles. The molecule has 0 bridgehead atoms. The summed E-state index contributed by atoms with van der Waals surface area (Å²) in [6, 6.07) is -0.146. The van der Waals surface area contributed by atoms with Crippen LogP contribution in [-0.2, 0) is 4.79 Å². The Morgan fingerprint density at radius 2 is 1.96 bits per heavy atom. The van der Waals surface area contributed by atoms with Gasteiger partial charge in [0.15, 0.2) is 0 Å². The van der Waals surface area contributed by atoms with E-state index in [1.807, 2.05) is 6.92 Å². The Hall–Kier alpha value is -1.18. The largest absolute Gasteiger partial charge is 0.392 e. The Labute approximate surface area is 138 Å². The molecule has 2 aliphatic rings. The van der Waals surface area contributed by atoms with E-state index in [4.69, 9.17) is 0 Å². The second-order valence-electron chi connectivity index (χ2n) is 6.81. The van der Waals surface area contributed by atoms with E-state index in [0.717, 1.165) is 38.9 Å². The summed E-state index contributed by atoms with van der Waals surface area (Å²) < 4.78 is 0. The lowest BCUT2D eigenvalue weighted by Gasteiger charge is -2.43. The van der Waals surface area contributed by atoms with E-state index in [0.29, 0.717) is 12.6 Å². The van der Waals surface area contributed by atoms with Crippen molar-refractivity contribution >= 4 is 11.9 Å². The van der Waals surface area contributed by atoms with Gasteiger partial charge in [0, 0.05) is 38.3 Å². The monoisotopic (exact) mass is 326 g/mol. The highest BCUT2D eigenvalue weighted by Gasteiger charge is 2.32. The molecule has 2 fully saturated rings. The summed E-state index contributed by atoms with van der Waals surface area (Å²) in [7, 11) is 0. The smallest absolute Gasteiger partial charge is 0.321 e. The number of rotatable bonds is 6. The zero-order valence-corrected chi connectivity index (χ0v) is 14.4. The lowest BCUT2D eigenvalue weighted by molar-refractivity contribution is -0.126. The number of urea groups is 1. The third-order valence-electron chi connectivity index (χ3n) is 4.68. The molecule has 0 aromatic rings. The molecular formula is C16H30N4O3. The molecule has 1 aliphatic heterocycles. The lowest BCUT2D eigenvalue weighted by atomic mass is 10.1. The number of hydrogen-bond donors (Lipinski definition) is 3. The van der Waals surface area contributed by atoms with Crippen LogP contribution in [0.2, 0.25) is 0 Å². The fourth-order valence-corrected chi connectivity index (χ4v) is 3.07. The van der Waals surface area contributed by atoms with E-state index in [1.165, 1.54) is 0 Å². The minimum absolute atomic E-state index is 0.242. The van der Waals surface area contributed by atoms with Crippen molar-refractivity contribution in [3.8, 4) is 0 Å². The normalized spacial score (nSPS) is 25.7. The first-order chi connectivity index (χ1) is 10.9. The van der Waals surface area contributed by atoms with Gasteiger partial charge >= 0.3 is 6.03 Å². The van der Waals surface area contributed by atoms with Crippen LogP contribution in [-0.4, -0.2) is 77.3 Å². The molecule has 0 aromatic heterocycles. The van der Waals surface area contributed by atoms with Crippen LogP contribution in [0.1, 0.15) is 40.0 Å². The Bertz CT molecular complexity index is 426. The first kappa shape index (κ1) is 18.2. The number of nitrogens with zero attached hydrogens (tertiary/aromatic N) is 2. The highest BCUT2D eigenvalue weighted by Crippen LogP contribution is 2.18. The van der Waals surface area contributed by atoms with Crippen LogP contribution in [0.15, 0.2) is 0 Å². The molecule has 3 unspecified atom stereocenters. The Morgan fingerprint density at radius 3 is 2.52 bits per heavy atom. The maximum Gasteiger partial charge on any atom is 0.321 e. The summed E-state index contributed by atoms with van der Waals surface area (Å²) in [6.07, 6.45) is 2.63. The van der Waals surface area contributed by atoms with Gasteiger partial charge in [-0.25, -0.2) is 4.79 Å². The molecular weight excluding hydrogens is 296 g/mol. The molecule has 3 N–H and O–H groups in total. The van der Waals surface area contributed by atoms with Gasteiger partial charge in [-0.2, -0.15) is 0 Å². The van der Waals surface area contributed by atoms with Gasteiger partial charge in [0.25, 0.3) is 0 Å². The lowest BCUT2D eigenvalue weighted by Crippen LogP contribution is -2.59. The minimum Gasteiger partial charge on any atom is -0.392 e. The molecule has 1 aliphatic carbocycles. The highest BCUT2D eigenvalue weighted by atomic mass is 16.3. The molecule has 0 radical (unpaired) electrons. The van der Waals surface area contributed by atoms with Crippen molar-refractivity contribution in [3.63, 3.8) is 0 Å². The number of imide groups is 1. The number of β-amino-alcohol motifs (C(OH)–C–C–N with tert-alkyl or cyclic N) is 1. The summed E-state index contributed by atoms with van der Waals surface area (Å²) in [6.45, 7) is 8.80. The third kappa shape index (κ3) is 5.44. The molecule has 3 amide bonds. The van der Waals surface area contributed by atoms with Crippen LogP contribution < -0.4 is 10.6 Å². The van der Waals surface area contributed by atoms with Gasteiger partial charge in [0.1, 0.15) is 0 Å². The summed E-state index contributed by atoms with van der Waals surface area (Å²) in [5, 5.41) is 14.8. The highest BCUT2D eigenvalue weighted by molar-refractivity contribution is 5.97. The van der Waals surface area contributed by atoms with Crippen LogP contribution >= 0.6 is 0 Å². The predicted molar refractivity (Wildman–Crippen MR) is 88.1 cm³/mol. The van der Waals surface area contributed by atoms with E-state index in [9.17, 15) is 14.7 Å². The van der Waals surface area contributed by atoms with Gasteiger partial charge < -0.3 is 10.4 Å². The maximum atomic E-state index is 12.2. The van der Waals surface area contributed by atoms with Crippen LogP contribution in [0, 0.1) is 0 Å². The van der Waals surface area contributed by atoms with E-state index < -0.39 is 0 Å². The van der Waals surface area contributed by atoms with Crippen LogP contribution in [0.25, 0.3) is 0 Å². The van der Waals surface area contributed by atoms with Crippen molar-refractivity contribution in [3.05, 3.63) is 0 Å². The van der Waals surface area contributed by atoms with Crippen molar-refractivity contribution in [2.24, 2.45) is 0 Å². The van der Waals surface area contributed by atoms with E-state index in [2.05, 4.69) is 27.4 Å². The topological polar surface area (TPSA) is 84.9 Å². The zero-order chi connectivity index (χ0) is 17.0. The average Bonchev–Trinajstić information content (AvgIpc) is 3.30. The predicted octanol–water partition coefficient (Wildman–Crippen LogP) is 0.140. The number of piperazine rings is 1. The molecule has 7 nitrogen and oxygen atoms in total. The molecule has 23 heavy (non-hydrogen) atoms. The maximum absolute atomic E-state index is 12.2. The van der Waals surface area contributed by atoms with Crippen molar-refractivity contribution in [2.45, 2.75) is 64.3 Å². The quantitative estimate of drug-likeness (QED) is 0.646. The number of aliphatic hydroxyl groups excluding tert-OH is 1.